The molecule has 3 aromatic heterocycles. The molecule has 222 valence electrons. The lowest BCUT2D eigenvalue weighted by atomic mass is 10.1. The number of anilines is 4. The lowest BCUT2D eigenvalue weighted by Crippen LogP contribution is -2.40. The van der Waals surface area contributed by atoms with Gasteiger partial charge in [0.15, 0.2) is 0 Å². The number of hydrogen-bond donors (Lipinski definition) is 3. The average molecular weight is 602 g/mol. The van der Waals surface area contributed by atoms with Crippen LogP contribution in [0, 0.1) is 0 Å². The molecule has 0 saturated carbocycles. The summed E-state index contributed by atoms with van der Waals surface area (Å²) in [6.07, 6.45) is 3.52. The summed E-state index contributed by atoms with van der Waals surface area (Å²) < 4.78 is 11.6. The van der Waals surface area contributed by atoms with Crippen molar-refractivity contribution in [1.82, 2.24) is 25.2 Å². The van der Waals surface area contributed by atoms with Gasteiger partial charge < -0.3 is 30.3 Å². The van der Waals surface area contributed by atoms with E-state index in [1.54, 1.807) is 66.8 Å². The Bertz CT molecular complexity index is 1660. The fourth-order valence-corrected chi connectivity index (χ4v) is 4.61. The van der Waals surface area contributed by atoms with Gasteiger partial charge in [0.2, 0.25) is 0 Å². The van der Waals surface area contributed by atoms with E-state index in [9.17, 15) is 9.59 Å². The monoisotopic (exact) mass is 601 g/mol. The van der Waals surface area contributed by atoms with Gasteiger partial charge in [0.05, 0.1) is 17.1 Å². The second kappa shape index (κ2) is 12.5. The summed E-state index contributed by atoms with van der Waals surface area (Å²) in [5.74, 6) is 2.30. The molecule has 3 N–H and O–H groups in total. The van der Waals surface area contributed by atoms with Crippen LogP contribution in [0.1, 0.15) is 42.4 Å². The van der Waals surface area contributed by atoms with E-state index in [1.165, 1.54) is 0 Å². The van der Waals surface area contributed by atoms with Crippen LogP contribution in [0.5, 0.6) is 11.5 Å². The van der Waals surface area contributed by atoms with Gasteiger partial charge in [0.25, 0.3) is 5.91 Å². The number of amides is 2. The molecule has 1 aliphatic rings. The van der Waals surface area contributed by atoms with Crippen LogP contribution < -0.4 is 20.7 Å². The van der Waals surface area contributed by atoms with Crippen LogP contribution in [0.25, 0.3) is 0 Å². The zero-order chi connectivity index (χ0) is 30.6. The molecule has 4 aromatic rings. The highest BCUT2D eigenvalue weighted by molar-refractivity contribution is 6.32. The second-order valence-corrected chi connectivity index (χ2v) is 11.2. The molecule has 0 bridgehead atoms. The van der Waals surface area contributed by atoms with Crippen LogP contribution >= 0.6 is 11.6 Å². The third-order valence-electron chi connectivity index (χ3n) is 6.39. The van der Waals surface area contributed by atoms with E-state index in [0.29, 0.717) is 64.7 Å². The van der Waals surface area contributed by atoms with Gasteiger partial charge in [-0.2, -0.15) is 0 Å². The Morgan fingerprint density at radius 1 is 0.977 bits per heavy atom. The van der Waals surface area contributed by atoms with Gasteiger partial charge in [-0.05, 0) is 68.8 Å². The first-order valence-corrected chi connectivity index (χ1v) is 14.1. The van der Waals surface area contributed by atoms with Gasteiger partial charge in [-0.15, -0.1) is 0 Å². The van der Waals surface area contributed by atoms with Crippen LogP contribution in [-0.4, -0.2) is 51.0 Å². The maximum Gasteiger partial charge on any atom is 0.410 e. The Hall–Kier alpha value is -4.90. The third kappa shape index (κ3) is 7.49. The van der Waals surface area contributed by atoms with E-state index in [1.807, 2.05) is 32.9 Å². The Balaban J connectivity index is 1.23. The summed E-state index contributed by atoms with van der Waals surface area (Å²) in [6, 6.07) is 15.9. The SMILES string of the molecule is CNC(=O)c1cccnc1Nc1ccc(Oc2ccnc(Nc3ccc4c(n3)CCN(C(=O)OC(C)(C)C)C4)c2)c(Cl)c1. The Labute approximate surface area is 254 Å². The van der Waals surface area contributed by atoms with Gasteiger partial charge in [-0.3, -0.25) is 4.79 Å². The number of pyridine rings is 3. The number of fused-ring (bicyclic) bond motifs is 1. The fourth-order valence-electron chi connectivity index (χ4n) is 4.39. The van der Waals surface area contributed by atoms with E-state index in [-0.39, 0.29) is 12.0 Å². The van der Waals surface area contributed by atoms with Crippen LogP contribution in [0.15, 0.2) is 67.0 Å². The molecule has 1 aromatic carbocycles. The molecular formula is C31H32ClN7O4. The summed E-state index contributed by atoms with van der Waals surface area (Å²) in [4.78, 5) is 39.7. The predicted molar refractivity (Wildman–Crippen MR) is 165 cm³/mol. The lowest BCUT2D eigenvalue weighted by molar-refractivity contribution is 0.0222. The van der Waals surface area contributed by atoms with Gasteiger partial charge in [0, 0.05) is 49.9 Å². The number of aromatic nitrogens is 3. The van der Waals surface area contributed by atoms with Gasteiger partial charge in [0.1, 0.15) is 34.6 Å². The zero-order valence-corrected chi connectivity index (χ0v) is 25.0. The summed E-state index contributed by atoms with van der Waals surface area (Å²) in [5.41, 5.74) is 2.42. The highest BCUT2D eigenvalue weighted by Crippen LogP contribution is 2.33. The number of nitrogens with zero attached hydrogens (tertiary/aromatic N) is 4. The maximum atomic E-state index is 12.5. The van der Waals surface area contributed by atoms with E-state index < -0.39 is 5.60 Å². The minimum atomic E-state index is -0.542. The van der Waals surface area contributed by atoms with Crippen molar-refractivity contribution < 1.29 is 19.1 Å². The molecule has 0 aliphatic carbocycles. The minimum Gasteiger partial charge on any atom is -0.456 e. The standard InChI is InChI=1S/C31H32ClN7O4/c1-31(2,3)43-30(41)39-15-12-24-19(18-39)7-10-26(37-24)38-27-17-21(11-14-34-27)42-25-9-8-20(16-23(25)32)36-28-22(29(40)33-4)6-5-13-35-28/h5-11,13-14,16-17H,12,15,18H2,1-4H3,(H,33,40)(H,35,36)(H,34,37,38). The van der Waals surface area contributed by atoms with Crippen molar-refractivity contribution in [3.8, 4) is 11.5 Å². The maximum absolute atomic E-state index is 12.5. The topological polar surface area (TPSA) is 131 Å². The molecule has 5 rings (SSSR count). The van der Waals surface area contributed by atoms with Crippen LogP contribution in [-0.2, 0) is 17.7 Å². The molecule has 12 heteroatoms. The quantitative estimate of drug-likeness (QED) is 0.218. The Kier molecular flexibility index (Phi) is 8.63. The van der Waals surface area contributed by atoms with E-state index in [4.69, 9.17) is 26.1 Å². The van der Waals surface area contributed by atoms with Crippen LogP contribution in [0.4, 0.5) is 27.9 Å². The molecule has 43 heavy (non-hydrogen) atoms. The number of benzene rings is 1. The van der Waals surface area contributed by atoms with Gasteiger partial charge >= 0.3 is 6.09 Å². The summed E-state index contributed by atoms with van der Waals surface area (Å²) in [5, 5.41) is 9.32. The number of ether oxygens (including phenoxy) is 2. The van der Waals surface area contributed by atoms with Gasteiger partial charge in [-0.1, -0.05) is 17.7 Å². The highest BCUT2D eigenvalue weighted by Gasteiger charge is 2.26. The number of halogens is 1. The normalized spacial score (nSPS) is 12.6. The number of carbonyl (C=O) groups is 2. The molecule has 2 amide bonds. The molecule has 0 saturated heterocycles. The third-order valence-corrected chi connectivity index (χ3v) is 6.68. The molecule has 1 aliphatic heterocycles. The summed E-state index contributed by atoms with van der Waals surface area (Å²) in [6.45, 7) is 6.55. The predicted octanol–water partition coefficient (Wildman–Crippen LogP) is 6.46. The molecule has 0 radical (unpaired) electrons. The first-order chi connectivity index (χ1) is 20.6. The lowest BCUT2D eigenvalue weighted by Gasteiger charge is -2.30. The minimum absolute atomic E-state index is 0.251. The Morgan fingerprint density at radius 3 is 2.58 bits per heavy atom. The number of carbonyl (C=O) groups excluding carboxylic acids is 2. The number of rotatable bonds is 7. The molecule has 11 nitrogen and oxygen atoms in total. The van der Waals surface area contributed by atoms with Crippen molar-refractivity contribution in [2.75, 3.05) is 24.2 Å². The second-order valence-electron chi connectivity index (χ2n) is 10.8. The molecule has 0 spiro atoms. The van der Waals surface area contributed by atoms with Gasteiger partial charge in [-0.25, -0.2) is 19.7 Å². The van der Waals surface area contributed by atoms with Crippen molar-refractivity contribution in [2.24, 2.45) is 0 Å². The van der Waals surface area contributed by atoms with E-state index in [0.717, 1.165) is 11.3 Å². The highest BCUT2D eigenvalue weighted by atomic mass is 35.5. The fraction of sp³-hybridized carbons (Fsp3) is 0.258. The number of hydrogen-bond acceptors (Lipinski definition) is 9. The Morgan fingerprint density at radius 2 is 1.81 bits per heavy atom. The molecule has 0 fully saturated rings. The van der Waals surface area contributed by atoms with Crippen LogP contribution in [0.3, 0.4) is 0 Å². The van der Waals surface area contributed by atoms with E-state index >= 15 is 0 Å². The smallest absolute Gasteiger partial charge is 0.410 e. The summed E-state index contributed by atoms with van der Waals surface area (Å²) >= 11 is 6.54. The molecule has 0 atom stereocenters. The molecule has 4 heterocycles. The van der Waals surface area contributed by atoms with Crippen LogP contribution in [0.2, 0.25) is 5.02 Å². The van der Waals surface area contributed by atoms with Crippen molar-refractivity contribution in [2.45, 2.75) is 39.3 Å². The summed E-state index contributed by atoms with van der Waals surface area (Å²) in [7, 11) is 1.56. The average Bonchev–Trinajstić information content (AvgIpc) is 2.97. The number of nitrogens with one attached hydrogen (secondary N) is 3. The van der Waals surface area contributed by atoms with Crippen molar-refractivity contribution >= 4 is 46.7 Å². The van der Waals surface area contributed by atoms with Crippen molar-refractivity contribution in [1.29, 1.82) is 0 Å². The largest absolute Gasteiger partial charge is 0.456 e. The van der Waals surface area contributed by atoms with Crippen molar-refractivity contribution in [3.05, 3.63) is 88.8 Å². The first-order valence-electron chi connectivity index (χ1n) is 13.7. The first kappa shape index (κ1) is 29.6. The molecule has 0 unspecified atom stereocenters. The van der Waals surface area contributed by atoms with Crippen molar-refractivity contribution in [3.63, 3.8) is 0 Å². The van der Waals surface area contributed by atoms with E-state index in [2.05, 4.69) is 25.9 Å². The molecular weight excluding hydrogens is 570 g/mol. The zero-order valence-electron chi connectivity index (χ0n) is 24.3.